The fourth-order valence-corrected chi connectivity index (χ4v) is 0.271. The summed E-state index contributed by atoms with van der Waals surface area (Å²) in [5.74, 6) is 0. The normalized spacial score (nSPS) is 9.75. The second-order valence-corrected chi connectivity index (χ2v) is 1.18. The molecule has 0 N–H and O–H groups in total. The maximum absolute atomic E-state index is 4.83. The van der Waals surface area contributed by atoms with Gasteiger partial charge in [0.25, 0.3) is 0 Å². The van der Waals surface area contributed by atoms with Gasteiger partial charge in [0.15, 0.2) is 0 Å². The Morgan fingerprint density at radius 1 is 1.00 bits per heavy atom. The molecule has 0 aliphatic heterocycles. The van der Waals surface area contributed by atoms with E-state index in [1.165, 1.54) is 0 Å². The molecule has 0 saturated carbocycles. The Labute approximate surface area is 50.1 Å². The van der Waals surface area contributed by atoms with Crippen LogP contribution in [-0.4, -0.2) is 13.2 Å². The standard InChI is InChI=1S/C6H12O2/c1-3-7-5-6-8-4-2/h5-6H,3-4H2,1-2H3/b6-5-. The van der Waals surface area contributed by atoms with Crippen molar-refractivity contribution >= 4 is 0 Å². The molecule has 0 fully saturated rings. The van der Waals surface area contributed by atoms with Gasteiger partial charge in [0.1, 0.15) is 12.5 Å². The predicted molar refractivity (Wildman–Crippen MR) is 32.4 cm³/mol. The first kappa shape index (κ1) is 7.34. The summed E-state index contributed by atoms with van der Waals surface area (Å²) in [5, 5.41) is 0. The molecule has 0 aromatic carbocycles. The van der Waals surface area contributed by atoms with Gasteiger partial charge in [-0.2, -0.15) is 0 Å². The van der Waals surface area contributed by atoms with Crippen LogP contribution in [0.1, 0.15) is 13.8 Å². The van der Waals surface area contributed by atoms with E-state index < -0.39 is 0 Å². The van der Waals surface area contributed by atoms with E-state index in [1.54, 1.807) is 12.5 Å². The van der Waals surface area contributed by atoms with E-state index in [1.807, 2.05) is 13.8 Å². The Morgan fingerprint density at radius 3 is 1.62 bits per heavy atom. The van der Waals surface area contributed by atoms with Crippen LogP contribution in [0.5, 0.6) is 0 Å². The van der Waals surface area contributed by atoms with E-state index in [0.29, 0.717) is 13.2 Å². The zero-order chi connectivity index (χ0) is 6.24. The summed E-state index contributed by atoms with van der Waals surface area (Å²) in [6, 6.07) is 0. The summed E-state index contributed by atoms with van der Waals surface area (Å²) in [7, 11) is 0. The van der Waals surface area contributed by atoms with E-state index in [9.17, 15) is 0 Å². The van der Waals surface area contributed by atoms with Gasteiger partial charge in [-0.15, -0.1) is 0 Å². The van der Waals surface area contributed by atoms with Crippen molar-refractivity contribution in [1.82, 2.24) is 0 Å². The molecule has 2 heteroatoms. The van der Waals surface area contributed by atoms with Crippen LogP contribution < -0.4 is 0 Å². The van der Waals surface area contributed by atoms with E-state index >= 15 is 0 Å². The fraction of sp³-hybridized carbons (Fsp3) is 0.667. The number of ether oxygens (including phenoxy) is 2. The molecule has 0 unspecified atom stereocenters. The van der Waals surface area contributed by atoms with Crippen molar-refractivity contribution in [3.05, 3.63) is 12.5 Å². The molecule has 0 aromatic heterocycles. The second kappa shape index (κ2) is 6.34. The highest BCUT2D eigenvalue weighted by atomic mass is 16.5. The number of hydrogen-bond donors (Lipinski definition) is 0. The SMILES string of the molecule is CCO/C=C\OCC. The minimum absolute atomic E-state index is 0.698. The van der Waals surface area contributed by atoms with Crippen LogP contribution in [0, 0.1) is 0 Å². The van der Waals surface area contributed by atoms with Gasteiger partial charge >= 0.3 is 0 Å². The van der Waals surface area contributed by atoms with Gasteiger partial charge in [0, 0.05) is 0 Å². The molecule has 0 aliphatic carbocycles. The third-order valence-corrected chi connectivity index (χ3v) is 0.581. The summed E-state index contributed by atoms with van der Waals surface area (Å²) in [5.41, 5.74) is 0. The zero-order valence-electron chi connectivity index (χ0n) is 5.39. The Bertz CT molecular complexity index is 51.5. The van der Waals surface area contributed by atoms with Crippen molar-refractivity contribution in [1.29, 1.82) is 0 Å². The van der Waals surface area contributed by atoms with Gasteiger partial charge in [-0.05, 0) is 13.8 Å². The summed E-state index contributed by atoms with van der Waals surface area (Å²) in [4.78, 5) is 0. The lowest BCUT2D eigenvalue weighted by molar-refractivity contribution is 0.221. The average Bonchev–Trinajstić information content (AvgIpc) is 1.81. The zero-order valence-corrected chi connectivity index (χ0v) is 5.39. The van der Waals surface area contributed by atoms with Crippen LogP contribution in [0.25, 0.3) is 0 Å². The smallest absolute Gasteiger partial charge is 0.117 e. The Morgan fingerprint density at radius 2 is 1.38 bits per heavy atom. The molecule has 0 saturated heterocycles. The van der Waals surface area contributed by atoms with Crippen LogP contribution in [-0.2, 0) is 9.47 Å². The van der Waals surface area contributed by atoms with Crippen LogP contribution in [0.2, 0.25) is 0 Å². The molecule has 0 atom stereocenters. The monoisotopic (exact) mass is 116 g/mol. The van der Waals surface area contributed by atoms with Crippen molar-refractivity contribution in [2.45, 2.75) is 13.8 Å². The molecular formula is C6H12O2. The van der Waals surface area contributed by atoms with Gasteiger partial charge < -0.3 is 9.47 Å². The fourth-order valence-electron chi connectivity index (χ4n) is 0.271. The molecule has 2 nitrogen and oxygen atoms in total. The summed E-state index contributed by atoms with van der Waals surface area (Å²) >= 11 is 0. The maximum Gasteiger partial charge on any atom is 0.117 e. The van der Waals surface area contributed by atoms with Gasteiger partial charge in [0.2, 0.25) is 0 Å². The second-order valence-electron chi connectivity index (χ2n) is 1.18. The molecule has 48 valence electrons. The summed E-state index contributed by atoms with van der Waals surface area (Å²) < 4.78 is 9.66. The molecule has 8 heavy (non-hydrogen) atoms. The predicted octanol–water partition coefficient (Wildman–Crippen LogP) is 1.53. The quantitative estimate of drug-likeness (QED) is 0.518. The molecule has 0 radical (unpaired) electrons. The molecule has 0 heterocycles. The highest BCUT2D eigenvalue weighted by Crippen LogP contribution is 1.77. The summed E-state index contributed by atoms with van der Waals surface area (Å²) in [6.45, 7) is 5.25. The molecule has 0 aromatic rings. The van der Waals surface area contributed by atoms with Gasteiger partial charge in [0.05, 0.1) is 13.2 Å². The lowest BCUT2D eigenvalue weighted by atomic mass is 10.8. The number of hydrogen-bond acceptors (Lipinski definition) is 2. The molecule has 0 aliphatic rings. The lowest BCUT2D eigenvalue weighted by Gasteiger charge is -1.92. The van der Waals surface area contributed by atoms with Crippen LogP contribution in [0.4, 0.5) is 0 Å². The Kier molecular flexibility index (Phi) is 5.82. The highest BCUT2D eigenvalue weighted by molar-refractivity contribution is 4.59. The van der Waals surface area contributed by atoms with Gasteiger partial charge in [-0.1, -0.05) is 0 Å². The first-order chi connectivity index (χ1) is 3.91. The molecule has 0 rings (SSSR count). The minimum Gasteiger partial charge on any atom is -0.498 e. The van der Waals surface area contributed by atoms with Gasteiger partial charge in [-0.3, -0.25) is 0 Å². The topological polar surface area (TPSA) is 18.5 Å². The van der Waals surface area contributed by atoms with E-state index in [2.05, 4.69) is 0 Å². The first-order valence-electron chi connectivity index (χ1n) is 2.80. The highest BCUT2D eigenvalue weighted by Gasteiger charge is 1.68. The lowest BCUT2D eigenvalue weighted by Crippen LogP contribution is -1.80. The summed E-state index contributed by atoms with van der Waals surface area (Å²) in [6.07, 6.45) is 3.09. The van der Waals surface area contributed by atoms with E-state index in [0.717, 1.165) is 0 Å². The Balaban J connectivity index is 2.83. The molecule has 0 bridgehead atoms. The number of rotatable bonds is 4. The van der Waals surface area contributed by atoms with Crippen molar-refractivity contribution in [3.63, 3.8) is 0 Å². The maximum atomic E-state index is 4.83. The Hall–Kier alpha value is -0.660. The van der Waals surface area contributed by atoms with Crippen LogP contribution >= 0.6 is 0 Å². The van der Waals surface area contributed by atoms with Crippen molar-refractivity contribution in [2.75, 3.05) is 13.2 Å². The van der Waals surface area contributed by atoms with Crippen molar-refractivity contribution in [2.24, 2.45) is 0 Å². The molecular weight excluding hydrogens is 104 g/mol. The van der Waals surface area contributed by atoms with Crippen LogP contribution in [0.15, 0.2) is 12.5 Å². The van der Waals surface area contributed by atoms with Crippen molar-refractivity contribution < 1.29 is 9.47 Å². The minimum atomic E-state index is 0.698. The van der Waals surface area contributed by atoms with Crippen molar-refractivity contribution in [3.8, 4) is 0 Å². The third kappa shape index (κ3) is 5.34. The van der Waals surface area contributed by atoms with Crippen LogP contribution in [0.3, 0.4) is 0 Å². The van der Waals surface area contributed by atoms with E-state index in [-0.39, 0.29) is 0 Å². The van der Waals surface area contributed by atoms with Gasteiger partial charge in [-0.25, -0.2) is 0 Å². The third-order valence-electron chi connectivity index (χ3n) is 0.581. The molecule has 0 spiro atoms. The average molecular weight is 116 g/mol. The first-order valence-corrected chi connectivity index (χ1v) is 2.80. The molecule has 0 amide bonds. The largest absolute Gasteiger partial charge is 0.498 e. The van der Waals surface area contributed by atoms with E-state index in [4.69, 9.17) is 9.47 Å².